The Labute approximate surface area is 106 Å². The molecule has 1 saturated heterocycles. The molecule has 0 spiro atoms. The van der Waals surface area contributed by atoms with Gasteiger partial charge in [-0.05, 0) is 42.8 Å². The van der Waals surface area contributed by atoms with Gasteiger partial charge in [-0.1, -0.05) is 6.42 Å². The minimum absolute atomic E-state index is 0.0731. The summed E-state index contributed by atoms with van der Waals surface area (Å²) < 4.78 is 0. The van der Waals surface area contributed by atoms with Crippen LogP contribution in [0.3, 0.4) is 0 Å². The molecule has 3 rings (SSSR count). The molecule has 17 heavy (non-hydrogen) atoms. The van der Waals surface area contributed by atoms with Crippen LogP contribution in [-0.2, 0) is 17.8 Å². The van der Waals surface area contributed by atoms with Crippen LogP contribution >= 0.6 is 11.3 Å². The first-order chi connectivity index (χ1) is 8.34. The Kier molecular flexibility index (Phi) is 3.16. The average Bonchev–Trinajstić information content (AvgIpc) is 2.86. The molecule has 2 aliphatic rings. The van der Waals surface area contributed by atoms with E-state index in [0.717, 1.165) is 32.5 Å². The van der Waals surface area contributed by atoms with Crippen LogP contribution in [0, 0.1) is 0 Å². The molecule has 0 unspecified atom stereocenters. The van der Waals surface area contributed by atoms with Crippen molar-refractivity contribution in [3.05, 3.63) is 21.9 Å². The summed E-state index contributed by atoms with van der Waals surface area (Å²) in [6.45, 7) is 2.70. The molecule has 1 fully saturated rings. The Morgan fingerprint density at radius 1 is 1.47 bits per heavy atom. The van der Waals surface area contributed by atoms with Gasteiger partial charge in [0.15, 0.2) is 0 Å². The van der Waals surface area contributed by atoms with Crippen LogP contribution in [-0.4, -0.2) is 29.9 Å². The highest BCUT2D eigenvalue weighted by Gasteiger charge is 2.28. The number of piperidine rings is 1. The molecule has 1 N–H and O–H groups in total. The predicted molar refractivity (Wildman–Crippen MR) is 69.1 cm³/mol. The second-order valence-corrected chi connectivity index (χ2v) is 5.88. The highest BCUT2D eigenvalue weighted by molar-refractivity contribution is 7.10. The number of rotatable bonds is 1. The molecule has 4 heteroatoms. The van der Waals surface area contributed by atoms with Crippen molar-refractivity contribution >= 4 is 17.2 Å². The van der Waals surface area contributed by atoms with E-state index < -0.39 is 0 Å². The van der Waals surface area contributed by atoms with Crippen LogP contribution in [0.2, 0.25) is 0 Å². The zero-order valence-electron chi connectivity index (χ0n) is 9.95. The van der Waals surface area contributed by atoms with Crippen molar-refractivity contribution in [3.63, 3.8) is 0 Å². The quantitative estimate of drug-likeness (QED) is 0.824. The van der Waals surface area contributed by atoms with Crippen molar-refractivity contribution in [3.8, 4) is 0 Å². The Balaban J connectivity index is 1.67. The number of hydrogen-bond acceptors (Lipinski definition) is 3. The standard InChI is InChI=1S/C13H18N2OS/c16-13(11-3-1-2-6-14-11)15-7-4-12-10(9-15)5-8-17-12/h5,8,11,14H,1-4,6-7,9H2/t11-/m1/s1. The van der Waals surface area contributed by atoms with E-state index in [4.69, 9.17) is 0 Å². The van der Waals surface area contributed by atoms with E-state index in [-0.39, 0.29) is 6.04 Å². The number of fused-ring (bicyclic) bond motifs is 1. The van der Waals surface area contributed by atoms with Gasteiger partial charge in [-0.25, -0.2) is 0 Å². The molecule has 1 atom stereocenters. The lowest BCUT2D eigenvalue weighted by Crippen LogP contribution is -2.49. The maximum atomic E-state index is 12.4. The third kappa shape index (κ3) is 2.24. The molecular formula is C13H18N2OS. The summed E-state index contributed by atoms with van der Waals surface area (Å²) in [5.41, 5.74) is 1.35. The summed E-state index contributed by atoms with van der Waals surface area (Å²) in [7, 11) is 0. The van der Waals surface area contributed by atoms with E-state index in [2.05, 4.69) is 16.8 Å². The fraction of sp³-hybridized carbons (Fsp3) is 0.615. The first kappa shape index (κ1) is 11.2. The monoisotopic (exact) mass is 250 g/mol. The van der Waals surface area contributed by atoms with Crippen LogP contribution < -0.4 is 5.32 Å². The van der Waals surface area contributed by atoms with Crippen molar-refractivity contribution in [1.29, 1.82) is 0 Å². The fourth-order valence-electron chi connectivity index (χ4n) is 2.72. The molecule has 0 bridgehead atoms. The molecule has 1 amide bonds. The van der Waals surface area contributed by atoms with Crippen molar-refractivity contribution in [2.75, 3.05) is 13.1 Å². The normalized spacial score (nSPS) is 24.5. The van der Waals surface area contributed by atoms with Gasteiger partial charge in [-0.3, -0.25) is 4.79 Å². The zero-order valence-corrected chi connectivity index (χ0v) is 10.8. The third-order valence-electron chi connectivity index (χ3n) is 3.73. The van der Waals surface area contributed by atoms with Crippen molar-refractivity contribution < 1.29 is 4.79 Å². The van der Waals surface area contributed by atoms with Gasteiger partial charge in [0, 0.05) is 18.0 Å². The SMILES string of the molecule is O=C([C@H]1CCCCN1)N1CCc2sccc2C1. The second kappa shape index (κ2) is 4.78. The molecule has 92 valence electrons. The summed E-state index contributed by atoms with van der Waals surface area (Å²) in [5, 5.41) is 5.48. The molecule has 3 heterocycles. The lowest BCUT2D eigenvalue weighted by molar-refractivity contribution is -0.134. The molecule has 0 saturated carbocycles. The highest BCUT2D eigenvalue weighted by Crippen LogP contribution is 2.25. The molecule has 1 aromatic heterocycles. The molecule has 0 radical (unpaired) electrons. The maximum absolute atomic E-state index is 12.4. The zero-order chi connectivity index (χ0) is 11.7. The maximum Gasteiger partial charge on any atom is 0.240 e. The van der Waals surface area contributed by atoms with E-state index in [9.17, 15) is 4.79 Å². The fourth-order valence-corrected chi connectivity index (χ4v) is 3.61. The van der Waals surface area contributed by atoms with Crippen LogP contribution in [0.1, 0.15) is 29.7 Å². The molecule has 0 aromatic carbocycles. The van der Waals surface area contributed by atoms with E-state index in [1.54, 1.807) is 0 Å². The Morgan fingerprint density at radius 2 is 2.41 bits per heavy atom. The topological polar surface area (TPSA) is 32.3 Å². The first-order valence-corrected chi connectivity index (χ1v) is 7.30. The van der Waals surface area contributed by atoms with Gasteiger partial charge in [0.05, 0.1) is 6.04 Å². The number of carbonyl (C=O) groups excluding carboxylic acids is 1. The minimum Gasteiger partial charge on any atom is -0.337 e. The van der Waals surface area contributed by atoms with Crippen LogP contribution in [0.15, 0.2) is 11.4 Å². The lowest BCUT2D eigenvalue weighted by Gasteiger charge is -2.32. The number of carbonyl (C=O) groups is 1. The van der Waals surface area contributed by atoms with Crippen molar-refractivity contribution in [2.45, 2.75) is 38.3 Å². The smallest absolute Gasteiger partial charge is 0.240 e. The summed E-state index contributed by atoms with van der Waals surface area (Å²) in [6.07, 6.45) is 4.43. The number of thiophene rings is 1. The molecular weight excluding hydrogens is 232 g/mol. The number of hydrogen-bond donors (Lipinski definition) is 1. The molecule has 2 aliphatic heterocycles. The van der Waals surface area contributed by atoms with Gasteiger partial charge in [0.1, 0.15) is 0 Å². The van der Waals surface area contributed by atoms with Gasteiger partial charge in [-0.15, -0.1) is 11.3 Å². The van der Waals surface area contributed by atoms with E-state index in [1.807, 2.05) is 16.2 Å². The Morgan fingerprint density at radius 3 is 3.24 bits per heavy atom. The summed E-state index contributed by atoms with van der Waals surface area (Å²) in [6, 6.07) is 2.23. The largest absolute Gasteiger partial charge is 0.337 e. The van der Waals surface area contributed by atoms with Gasteiger partial charge >= 0.3 is 0 Å². The van der Waals surface area contributed by atoms with Crippen LogP contribution in [0.25, 0.3) is 0 Å². The minimum atomic E-state index is 0.0731. The average molecular weight is 250 g/mol. The van der Waals surface area contributed by atoms with Crippen LogP contribution in [0.4, 0.5) is 0 Å². The molecule has 1 aromatic rings. The number of amides is 1. The lowest BCUT2D eigenvalue weighted by atomic mass is 10.0. The van der Waals surface area contributed by atoms with Crippen LogP contribution in [0.5, 0.6) is 0 Å². The second-order valence-electron chi connectivity index (χ2n) is 4.88. The Hall–Kier alpha value is -0.870. The Bertz CT molecular complexity index is 409. The van der Waals surface area contributed by atoms with Gasteiger partial charge in [-0.2, -0.15) is 0 Å². The summed E-state index contributed by atoms with van der Waals surface area (Å²) in [5.74, 6) is 0.307. The van der Waals surface area contributed by atoms with Gasteiger partial charge in [0.25, 0.3) is 0 Å². The molecule has 3 nitrogen and oxygen atoms in total. The third-order valence-corrected chi connectivity index (χ3v) is 4.75. The van der Waals surface area contributed by atoms with Gasteiger partial charge < -0.3 is 10.2 Å². The van der Waals surface area contributed by atoms with E-state index in [1.165, 1.54) is 23.3 Å². The van der Waals surface area contributed by atoms with Gasteiger partial charge in [0.2, 0.25) is 5.91 Å². The summed E-state index contributed by atoms with van der Waals surface area (Å²) >= 11 is 1.82. The number of nitrogens with zero attached hydrogens (tertiary/aromatic N) is 1. The predicted octanol–water partition coefficient (Wildman–Crippen LogP) is 1.77. The molecule has 0 aliphatic carbocycles. The highest BCUT2D eigenvalue weighted by atomic mass is 32.1. The van der Waals surface area contributed by atoms with E-state index >= 15 is 0 Å². The van der Waals surface area contributed by atoms with E-state index in [0.29, 0.717) is 5.91 Å². The first-order valence-electron chi connectivity index (χ1n) is 6.42. The number of nitrogens with one attached hydrogen (secondary N) is 1. The van der Waals surface area contributed by atoms with Crippen molar-refractivity contribution in [1.82, 2.24) is 10.2 Å². The summed E-state index contributed by atoms with van der Waals surface area (Å²) in [4.78, 5) is 15.8. The van der Waals surface area contributed by atoms with Crippen molar-refractivity contribution in [2.24, 2.45) is 0 Å².